The van der Waals surface area contributed by atoms with Gasteiger partial charge in [-0.05, 0) is 31.6 Å². The van der Waals surface area contributed by atoms with E-state index in [1.165, 1.54) is 16.7 Å². The van der Waals surface area contributed by atoms with Crippen LogP contribution in [0.5, 0.6) is 0 Å². The average molecular weight is 348 g/mol. The van der Waals surface area contributed by atoms with Gasteiger partial charge in [-0.3, -0.25) is 4.79 Å². The van der Waals surface area contributed by atoms with Gasteiger partial charge < -0.3 is 10.1 Å². The fourth-order valence-corrected chi connectivity index (χ4v) is 4.17. The quantitative estimate of drug-likeness (QED) is 0.899. The highest BCUT2D eigenvalue weighted by Gasteiger charge is 2.46. The van der Waals surface area contributed by atoms with Crippen molar-refractivity contribution < 1.29 is 22.7 Å². The smallest absolute Gasteiger partial charge is 0.371 e. The van der Waals surface area contributed by atoms with Gasteiger partial charge in [0, 0.05) is 12.0 Å². The summed E-state index contributed by atoms with van der Waals surface area (Å²) >= 11 is 1.26. The number of halogens is 3. The number of thiazole rings is 1. The van der Waals surface area contributed by atoms with Crippen LogP contribution in [0.25, 0.3) is 0 Å². The molecule has 1 saturated carbocycles. The normalized spacial score (nSPS) is 24.0. The molecule has 1 aliphatic heterocycles. The Bertz CT molecular complexity index is 549. The number of hydrogen-bond acceptors (Lipinski definition) is 4. The van der Waals surface area contributed by atoms with Crippen molar-refractivity contribution in [3.05, 3.63) is 16.1 Å². The summed E-state index contributed by atoms with van der Waals surface area (Å²) in [6.45, 7) is 0.656. The van der Waals surface area contributed by atoms with E-state index in [0.717, 1.165) is 25.7 Å². The molecule has 0 spiro atoms. The average Bonchev–Trinajstić information content (AvgIpc) is 3.23. The van der Waals surface area contributed by atoms with E-state index >= 15 is 0 Å². The molecular formula is C15H19F3N2O2S. The molecule has 2 unspecified atom stereocenters. The first-order chi connectivity index (χ1) is 10.9. The summed E-state index contributed by atoms with van der Waals surface area (Å²) in [5, 5.41) is 4.33. The Hall–Kier alpha value is -1.15. The van der Waals surface area contributed by atoms with E-state index in [1.807, 2.05) is 0 Å². The summed E-state index contributed by atoms with van der Waals surface area (Å²) in [6, 6.07) is -1.79. The first-order valence-electron chi connectivity index (χ1n) is 7.90. The predicted octanol–water partition coefficient (Wildman–Crippen LogP) is 3.85. The molecule has 2 fully saturated rings. The third kappa shape index (κ3) is 3.85. The minimum Gasteiger partial charge on any atom is -0.371 e. The van der Waals surface area contributed by atoms with Crippen molar-refractivity contribution in [2.45, 2.75) is 56.8 Å². The van der Waals surface area contributed by atoms with Crippen molar-refractivity contribution >= 4 is 17.2 Å². The first-order valence-corrected chi connectivity index (χ1v) is 8.77. The molecule has 1 saturated heterocycles. The van der Waals surface area contributed by atoms with Gasteiger partial charge in [-0.25, -0.2) is 4.98 Å². The first kappa shape index (κ1) is 16.7. The standard InChI is InChI=1S/C15H19F3N2O2S/c16-15(17,18)12(9-4-1-2-5-9)20-13(21)10-8-23-14(19-10)11-6-3-7-22-11/h8-9,11-12H,1-7H2,(H,20,21). The van der Waals surface area contributed by atoms with Crippen molar-refractivity contribution in [2.75, 3.05) is 6.61 Å². The van der Waals surface area contributed by atoms with Crippen molar-refractivity contribution in [1.82, 2.24) is 10.3 Å². The van der Waals surface area contributed by atoms with Gasteiger partial charge in [0.15, 0.2) is 0 Å². The van der Waals surface area contributed by atoms with Crippen LogP contribution in [-0.4, -0.2) is 29.7 Å². The summed E-state index contributed by atoms with van der Waals surface area (Å²) < 4.78 is 45.2. The van der Waals surface area contributed by atoms with Gasteiger partial charge in [-0.15, -0.1) is 11.3 Å². The predicted molar refractivity (Wildman–Crippen MR) is 79.3 cm³/mol. The largest absolute Gasteiger partial charge is 0.408 e. The number of nitrogens with zero attached hydrogens (tertiary/aromatic N) is 1. The fourth-order valence-electron chi connectivity index (χ4n) is 3.29. The molecular weight excluding hydrogens is 329 g/mol. The van der Waals surface area contributed by atoms with E-state index in [4.69, 9.17) is 4.74 Å². The lowest BCUT2D eigenvalue weighted by atomic mass is 9.97. The molecule has 2 aliphatic rings. The van der Waals surface area contributed by atoms with Gasteiger partial charge >= 0.3 is 6.18 Å². The molecule has 23 heavy (non-hydrogen) atoms. The number of rotatable bonds is 4. The maximum atomic E-state index is 13.2. The Balaban J connectivity index is 1.68. The lowest BCUT2D eigenvalue weighted by Gasteiger charge is -2.26. The van der Waals surface area contributed by atoms with Crippen LogP contribution in [0.1, 0.15) is 60.1 Å². The van der Waals surface area contributed by atoms with Crippen LogP contribution < -0.4 is 5.32 Å². The Labute approximate surface area is 136 Å². The van der Waals surface area contributed by atoms with Crippen LogP contribution in [0.2, 0.25) is 0 Å². The van der Waals surface area contributed by atoms with Crippen LogP contribution in [-0.2, 0) is 4.74 Å². The maximum Gasteiger partial charge on any atom is 0.408 e. The number of carbonyl (C=O) groups is 1. The van der Waals surface area contributed by atoms with E-state index in [-0.39, 0.29) is 11.8 Å². The SMILES string of the molecule is O=C(NC(C1CCCC1)C(F)(F)F)c1csc(C2CCCO2)n1. The molecule has 0 bridgehead atoms. The van der Waals surface area contributed by atoms with E-state index in [1.54, 1.807) is 0 Å². The summed E-state index contributed by atoms with van der Waals surface area (Å²) in [5.74, 6) is -1.28. The number of alkyl halides is 3. The van der Waals surface area contributed by atoms with E-state index < -0.39 is 24.0 Å². The molecule has 3 rings (SSSR count). The molecule has 1 aromatic heterocycles. The number of hydrogen-bond donors (Lipinski definition) is 1. The second-order valence-electron chi connectivity index (χ2n) is 6.11. The molecule has 4 nitrogen and oxygen atoms in total. The maximum absolute atomic E-state index is 13.2. The molecule has 0 radical (unpaired) electrons. The van der Waals surface area contributed by atoms with Gasteiger partial charge in [0.2, 0.25) is 0 Å². The van der Waals surface area contributed by atoms with Gasteiger partial charge in [0.25, 0.3) is 5.91 Å². The molecule has 2 heterocycles. The number of aromatic nitrogens is 1. The lowest BCUT2D eigenvalue weighted by molar-refractivity contribution is -0.164. The highest BCUT2D eigenvalue weighted by Crippen LogP contribution is 2.36. The second kappa shape index (κ2) is 6.76. The van der Waals surface area contributed by atoms with Crippen LogP contribution in [0.15, 0.2) is 5.38 Å². The third-order valence-corrected chi connectivity index (χ3v) is 5.41. The molecule has 0 aromatic carbocycles. The van der Waals surface area contributed by atoms with E-state index in [9.17, 15) is 18.0 Å². The van der Waals surface area contributed by atoms with Crippen molar-refractivity contribution in [3.63, 3.8) is 0 Å². The fraction of sp³-hybridized carbons (Fsp3) is 0.733. The number of nitrogens with one attached hydrogen (secondary N) is 1. The number of amides is 1. The van der Waals surface area contributed by atoms with Gasteiger partial charge in [-0.2, -0.15) is 13.2 Å². The third-order valence-electron chi connectivity index (χ3n) is 4.47. The molecule has 1 N–H and O–H groups in total. The van der Waals surface area contributed by atoms with Crippen LogP contribution >= 0.6 is 11.3 Å². The molecule has 1 amide bonds. The molecule has 1 aliphatic carbocycles. The van der Waals surface area contributed by atoms with Gasteiger partial charge in [0.1, 0.15) is 22.8 Å². The zero-order valence-corrected chi connectivity index (χ0v) is 13.4. The summed E-state index contributed by atoms with van der Waals surface area (Å²) in [7, 11) is 0. The molecule has 8 heteroatoms. The highest BCUT2D eigenvalue weighted by molar-refractivity contribution is 7.09. The van der Waals surface area contributed by atoms with Crippen molar-refractivity contribution in [2.24, 2.45) is 5.92 Å². The number of carbonyl (C=O) groups excluding carboxylic acids is 1. The second-order valence-corrected chi connectivity index (χ2v) is 7.00. The molecule has 1 aromatic rings. The topological polar surface area (TPSA) is 51.2 Å². The van der Waals surface area contributed by atoms with Crippen molar-refractivity contribution in [3.8, 4) is 0 Å². The Morgan fingerprint density at radius 1 is 1.30 bits per heavy atom. The van der Waals surface area contributed by atoms with Crippen molar-refractivity contribution in [1.29, 1.82) is 0 Å². The summed E-state index contributed by atoms with van der Waals surface area (Å²) in [4.78, 5) is 16.3. The van der Waals surface area contributed by atoms with Gasteiger partial charge in [-0.1, -0.05) is 12.8 Å². The minimum atomic E-state index is -4.43. The summed E-state index contributed by atoms with van der Waals surface area (Å²) in [5.41, 5.74) is 0.0488. The zero-order chi connectivity index (χ0) is 16.4. The van der Waals surface area contributed by atoms with Crippen LogP contribution in [0.4, 0.5) is 13.2 Å². The van der Waals surface area contributed by atoms with E-state index in [0.29, 0.717) is 24.5 Å². The Morgan fingerprint density at radius 2 is 2.04 bits per heavy atom. The molecule has 2 atom stereocenters. The van der Waals surface area contributed by atoms with Crippen LogP contribution in [0, 0.1) is 5.92 Å². The lowest BCUT2D eigenvalue weighted by Crippen LogP contribution is -2.49. The Kier molecular flexibility index (Phi) is 4.91. The monoisotopic (exact) mass is 348 g/mol. The van der Waals surface area contributed by atoms with Crippen LogP contribution in [0.3, 0.4) is 0 Å². The van der Waals surface area contributed by atoms with E-state index in [2.05, 4.69) is 10.3 Å². The van der Waals surface area contributed by atoms with Gasteiger partial charge in [0.05, 0.1) is 0 Å². The number of ether oxygens (including phenoxy) is 1. The molecule has 128 valence electrons. The Morgan fingerprint density at radius 3 is 2.65 bits per heavy atom. The highest BCUT2D eigenvalue weighted by atomic mass is 32.1. The summed E-state index contributed by atoms with van der Waals surface area (Å²) in [6.07, 6.45) is -0.218. The zero-order valence-electron chi connectivity index (χ0n) is 12.6. The minimum absolute atomic E-state index is 0.0488.